The molecule has 3 rings (SSSR count). The third-order valence-electron chi connectivity index (χ3n) is 3.19. The molecule has 106 valence electrons. The molecule has 0 aliphatic rings. The average molecular weight is 279 g/mol. The quantitative estimate of drug-likeness (QED) is 0.779. The van der Waals surface area contributed by atoms with Gasteiger partial charge in [0, 0.05) is 36.7 Å². The third kappa shape index (κ3) is 3.05. The topological polar surface area (TPSA) is 41.3 Å². The van der Waals surface area contributed by atoms with E-state index in [2.05, 4.69) is 27.3 Å². The van der Waals surface area contributed by atoms with Crippen LogP contribution in [-0.4, -0.2) is 19.1 Å². The molecule has 0 saturated heterocycles. The summed E-state index contributed by atoms with van der Waals surface area (Å²) in [6.45, 7) is 0. The van der Waals surface area contributed by atoms with Gasteiger partial charge in [0.05, 0.1) is 6.20 Å². The Bertz CT molecular complexity index is 720. The van der Waals surface area contributed by atoms with Crippen molar-refractivity contribution >= 4 is 17.1 Å². The van der Waals surface area contributed by atoms with E-state index >= 15 is 0 Å². The van der Waals surface area contributed by atoms with Crippen molar-refractivity contribution in [3.63, 3.8) is 0 Å². The van der Waals surface area contributed by atoms with E-state index < -0.39 is 0 Å². The molecule has 4 nitrogen and oxygen atoms in total. The first-order valence-electron chi connectivity index (χ1n) is 6.77. The Labute approximate surface area is 124 Å². The van der Waals surface area contributed by atoms with Crippen LogP contribution in [0.2, 0.25) is 0 Å². The van der Waals surface area contributed by atoms with Gasteiger partial charge in [-0.3, -0.25) is 0 Å². The smallest absolute Gasteiger partial charge is 0.225 e. The minimum Gasteiger partial charge on any atom is -0.445 e. The summed E-state index contributed by atoms with van der Waals surface area (Å²) in [7, 11) is 4.06. The van der Waals surface area contributed by atoms with E-state index in [9.17, 15) is 0 Å². The number of benzene rings is 2. The molecule has 0 bridgehead atoms. The molecule has 1 N–H and O–H groups in total. The molecule has 0 saturated carbocycles. The van der Waals surface area contributed by atoms with Gasteiger partial charge in [-0.15, -0.1) is 0 Å². The van der Waals surface area contributed by atoms with Crippen LogP contribution in [0.5, 0.6) is 0 Å². The van der Waals surface area contributed by atoms with Crippen LogP contribution in [-0.2, 0) is 0 Å². The minimum absolute atomic E-state index is 0.626. The first-order chi connectivity index (χ1) is 10.2. The number of rotatable bonds is 4. The van der Waals surface area contributed by atoms with Gasteiger partial charge in [0.25, 0.3) is 0 Å². The second-order valence-electron chi connectivity index (χ2n) is 4.99. The standard InChI is InChI=1S/C17H17N3O/c1-20(2)16-8-4-7-15(12-16)19-14-6-3-5-13(11-14)17-18-9-10-21-17/h3-12,19H,1-2H3. The zero-order chi connectivity index (χ0) is 14.7. The molecule has 0 aliphatic carbocycles. The van der Waals surface area contributed by atoms with Crippen LogP contribution in [0, 0.1) is 0 Å². The van der Waals surface area contributed by atoms with Crippen molar-refractivity contribution in [1.82, 2.24) is 4.98 Å². The van der Waals surface area contributed by atoms with Crippen LogP contribution < -0.4 is 10.2 Å². The SMILES string of the molecule is CN(C)c1cccc(Nc2cccc(-c3ncco3)c2)c1. The highest BCUT2D eigenvalue weighted by Crippen LogP contribution is 2.25. The summed E-state index contributed by atoms with van der Waals surface area (Å²) in [6, 6.07) is 16.3. The van der Waals surface area contributed by atoms with Gasteiger partial charge >= 0.3 is 0 Å². The summed E-state index contributed by atoms with van der Waals surface area (Å²) in [6.07, 6.45) is 3.23. The van der Waals surface area contributed by atoms with Gasteiger partial charge in [0.1, 0.15) is 6.26 Å². The van der Waals surface area contributed by atoms with Crippen molar-refractivity contribution in [1.29, 1.82) is 0 Å². The van der Waals surface area contributed by atoms with E-state index in [1.165, 1.54) is 0 Å². The Morgan fingerprint density at radius 1 is 1.00 bits per heavy atom. The van der Waals surface area contributed by atoms with Crippen LogP contribution in [0.25, 0.3) is 11.5 Å². The second-order valence-corrected chi connectivity index (χ2v) is 4.99. The van der Waals surface area contributed by atoms with E-state index in [1.807, 2.05) is 50.5 Å². The predicted octanol–water partition coefficient (Wildman–Crippen LogP) is 4.15. The lowest BCUT2D eigenvalue weighted by Crippen LogP contribution is -2.08. The van der Waals surface area contributed by atoms with Crippen molar-refractivity contribution in [2.75, 3.05) is 24.3 Å². The molecule has 0 radical (unpaired) electrons. The highest BCUT2D eigenvalue weighted by molar-refractivity contribution is 5.68. The Balaban J connectivity index is 1.85. The lowest BCUT2D eigenvalue weighted by atomic mass is 10.2. The first kappa shape index (κ1) is 13.2. The number of anilines is 3. The molecule has 2 aromatic carbocycles. The average Bonchev–Trinajstić information content (AvgIpc) is 3.02. The Kier molecular flexibility index (Phi) is 3.60. The van der Waals surface area contributed by atoms with Crippen molar-refractivity contribution in [2.24, 2.45) is 0 Å². The summed E-state index contributed by atoms with van der Waals surface area (Å²) in [5.41, 5.74) is 4.16. The number of aromatic nitrogens is 1. The number of hydrogen-bond acceptors (Lipinski definition) is 4. The maximum absolute atomic E-state index is 5.33. The van der Waals surface area contributed by atoms with Crippen molar-refractivity contribution < 1.29 is 4.42 Å². The zero-order valence-electron chi connectivity index (χ0n) is 12.1. The molecule has 0 spiro atoms. The lowest BCUT2D eigenvalue weighted by molar-refractivity contribution is 0.574. The Morgan fingerprint density at radius 3 is 2.48 bits per heavy atom. The highest BCUT2D eigenvalue weighted by atomic mass is 16.3. The molecule has 1 heterocycles. The van der Waals surface area contributed by atoms with E-state index in [1.54, 1.807) is 12.5 Å². The van der Waals surface area contributed by atoms with E-state index in [-0.39, 0.29) is 0 Å². The second kappa shape index (κ2) is 5.71. The molecule has 0 atom stereocenters. The molecule has 21 heavy (non-hydrogen) atoms. The normalized spacial score (nSPS) is 10.4. The molecule has 3 aromatic rings. The molecular formula is C17H17N3O. The maximum Gasteiger partial charge on any atom is 0.225 e. The Hall–Kier alpha value is -2.75. The molecule has 0 aliphatic heterocycles. The number of nitrogens with one attached hydrogen (secondary N) is 1. The summed E-state index contributed by atoms with van der Waals surface area (Å²) >= 11 is 0. The summed E-state index contributed by atoms with van der Waals surface area (Å²) in [5, 5.41) is 3.41. The van der Waals surface area contributed by atoms with Crippen molar-refractivity contribution in [3.8, 4) is 11.5 Å². The molecule has 0 fully saturated rings. The number of hydrogen-bond donors (Lipinski definition) is 1. The van der Waals surface area contributed by atoms with Crippen LogP contribution in [0.3, 0.4) is 0 Å². The summed E-state index contributed by atoms with van der Waals surface area (Å²) in [5.74, 6) is 0.626. The zero-order valence-corrected chi connectivity index (χ0v) is 12.1. The lowest BCUT2D eigenvalue weighted by Gasteiger charge is -2.14. The van der Waals surface area contributed by atoms with Gasteiger partial charge in [-0.2, -0.15) is 0 Å². The van der Waals surface area contributed by atoms with Gasteiger partial charge in [0.15, 0.2) is 0 Å². The molecule has 0 amide bonds. The first-order valence-corrected chi connectivity index (χ1v) is 6.77. The van der Waals surface area contributed by atoms with Gasteiger partial charge in [0.2, 0.25) is 5.89 Å². The van der Waals surface area contributed by atoms with Gasteiger partial charge < -0.3 is 14.6 Å². The highest BCUT2D eigenvalue weighted by Gasteiger charge is 2.04. The van der Waals surface area contributed by atoms with Crippen LogP contribution in [0.1, 0.15) is 0 Å². The molecular weight excluding hydrogens is 262 g/mol. The largest absolute Gasteiger partial charge is 0.445 e. The number of oxazole rings is 1. The molecule has 0 unspecified atom stereocenters. The number of nitrogens with zero attached hydrogens (tertiary/aromatic N) is 2. The fourth-order valence-corrected chi connectivity index (χ4v) is 2.12. The van der Waals surface area contributed by atoms with E-state index in [4.69, 9.17) is 4.42 Å². The van der Waals surface area contributed by atoms with Crippen LogP contribution in [0.4, 0.5) is 17.1 Å². The van der Waals surface area contributed by atoms with Crippen LogP contribution in [0.15, 0.2) is 65.4 Å². The van der Waals surface area contributed by atoms with Crippen LogP contribution >= 0.6 is 0 Å². The summed E-state index contributed by atoms with van der Waals surface area (Å²) < 4.78 is 5.33. The van der Waals surface area contributed by atoms with E-state index in [0.717, 1.165) is 22.6 Å². The van der Waals surface area contributed by atoms with Gasteiger partial charge in [-0.25, -0.2) is 4.98 Å². The summed E-state index contributed by atoms with van der Waals surface area (Å²) in [4.78, 5) is 6.25. The minimum atomic E-state index is 0.626. The fraction of sp³-hybridized carbons (Fsp3) is 0.118. The monoisotopic (exact) mass is 279 g/mol. The van der Waals surface area contributed by atoms with Gasteiger partial charge in [-0.1, -0.05) is 12.1 Å². The predicted molar refractivity (Wildman–Crippen MR) is 86.0 cm³/mol. The third-order valence-corrected chi connectivity index (χ3v) is 3.19. The molecule has 1 aromatic heterocycles. The Morgan fingerprint density at radius 2 is 1.76 bits per heavy atom. The maximum atomic E-state index is 5.33. The van der Waals surface area contributed by atoms with Gasteiger partial charge in [-0.05, 0) is 36.4 Å². The fourth-order valence-electron chi connectivity index (χ4n) is 2.12. The van der Waals surface area contributed by atoms with E-state index in [0.29, 0.717) is 5.89 Å². The molecule has 4 heteroatoms. The van der Waals surface area contributed by atoms with Crippen molar-refractivity contribution in [2.45, 2.75) is 0 Å². The van der Waals surface area contributed by atoms with Crippen molar-refractivity contribution in [3.05, 3.63) is 61.0 Å².